The van der Waals surface area contributed by atoms with Crippen molar-refractivity contribution >= 4 is 29.7 Å². The van der Waals surface area contributed by atoms with Gasteiger partial charge in [0.15, 0.2) is 23.8 Å². The van der Waals surface area contributed by atoms with E-state index in [0.29, 0.717) is 31.4 Å². The Morgan fingerprint density at radius 1 is 1.00 bits per heavy atom. The van der Waals surface area contributed by atoms with Crippen LogP contribution in [0.1, 0.15) is 71.2 Å². The van der Waals surface area contributed by atoms with Crippen molar-refractivity contribution in [3.05, 3.63) is 35.9 Å². The number of benzene rings is 1. The summed E-state index contributed by atoms with van der Waals surface area (Å²) in [6.07, 6.45) is -2.86. The molecule has 302 valence electrons. The first-order valence-corrected chi connectivity index (χ1v) is 18.8. The highest BCUT2D eigenvalue weighted by Gasteiger charge is 2.51. The molecule has 3 saturated heterocycles. The molecule has 11 atom stereocenters. The number of rotatable bonds is 9. The van der Waals surface area contributed by atoms with Gasteiger partial charge in [0.05, 0.1) is 36.0 Å². The Kier molecular flexibility index (Phi) is 14.6. The fraction of sp³-hybridized carbons (Fsp3) is 0.718. The number of carbonyl (C=O) groups is 5. The molecule has 2 amide bonds. The van der Waals surface area contributed by atoms with Crippen LogP contribution in [0.15, 0.2) is 30.3 Å². The molecule has 3 aliphatic rings. The highest BCUT2D eigenvalue weighted by Crippen LogP contribution is 2.37. The van der Waals surface area contributed by atoms with Gasteiger partial charge in [-0.05, 0) is 85.6 Å². The van der Waals surface area contributed by atoms with E-state index in [-0.39, 0.29) is 37.6 Å². The maximum absolute atomic E-state index is 14.2. The first kappa shape index (κ1) is 43.1. The number of cyclic esters (lactones) is 1. The molecular weight excluding hydrogens is 700 g/mol. The van der Waals surface area contributed by atoms with Crippen molar-refractivity contribution in [1.82, 2.24) is 20.4 Å². The third-order valence-electron chi connectivity index (χ3n) is 10.9. The van der Waals surface area contributed by atoms with E-state index in [2.05, 4.69) is 10.6 Å². The number of esters is 2. The number of methoxy groups -OCH3 is 1. The normalized spacial score (nSPS) is 35.5. The average molecular weight is 761 g/mol. The number of hydrogen-bond donors (Lipinski definition) is 2. The number of hydrogen-bond acceptors (Lipinski definition) is 13. The lowest BCUT2D eigenvalue weighted by Gasteiger charge is -2.45. The summed E-state index contributed by atoms with van der Waals surface area (Å²) >= 11 is 0. The topological polar surface area (TPSA) is 171 Å². The summed E-state index contributed by atoms with van der Waals surface area (Å²) in [7, 11) is 6.89. The Morgan fingerprint density at radius 2 is 1.69 bits per heavy atom. The predicted octanol–water partition coefficient (Wildman–Crippen LogP) is 2.80. The molecule has 4 rings (SSSR count). The Hall–Kier alpha value is -3.63. The molecule has 0 aliphatic carbocycles. The Labute approximate surface area is 319 Å². The van der Waals surface area contributed by atoms with Gasteiger partial charge in [0.25, 0.3) is 0 Å². The zero-order valence-electron chi connectivity index (χ0n) is 33.4. The van der Waals surface area contributed by atoms with Gasteiger partial charge in [-0.15, -0.1) is 0 Å². The van der Waals surface area contributed by atoms with Gasteiger partial charge in [-0.25, -0.2) is 9.59 Å². The van der Waals surface area contributed by atoms with E-state index in [1.165, 1.54) is 6.92 Å². The standard InChI is InChI=1S/C39H60N4O11/c1-23-18-38(5,49-10)33(24(2)31(45)25(3)34(46)50-22-39(6)32(26(4)40-19-23)41-37(48)54-39)53-36-29(52-35(47)27-14-12-11-13-15-27)17-16-28(51-36)20-43(9)30(44)21-42(7)8/h11-15,23-26,28-29,32-33,36,40H,16-22H2,1-10H3,(H,41,48)/t23-,24+,25?,26-,28+,29-,32-,33-,36+,38-,39-/m1/s1. The molecule has 15 heteroatoms. The van der Waals surface area contributed by atoms with E-state index in [0.717, 1.165) is 0 Å². The minimum Gasteiger partial charge on any atom is -0.461 e. The fourth-order valence-corrected chi connectivity index (χ4v) is 7.65. The lowest BCUT2D eigenvalue weighted by atomic mass is 9.78. The number of likely N-dealkylation sites (N-methyl/N-ethyl adjacent to an activating group) is 2. The van der Waals surface area contributed by atoms with E-state index < -0.39 is 77.5 Å². The highest BCUT2D eigenvalue weighted by molar-refractivity contribution is 6.00. The first-order valence-electron chi connectivity index (χ1n) is 18.8. The zero-order valence-corrected chi connectivity index (χ0v) is 33.4. The second-order valence-corrected chi connectivity index (χ2v) is 15.9. The predicted molar refractivity (Wildman–Crippen MR) is 197 cm³/mol. The minimum atomic E-state index is -1.21. The molecule has 1 unspecified atom stereocenters. The average Bonchev–Trinajstić information content (AvgIpc) is 3.44. The summed E-state index contributed by atoms with van der Waals surface area (Å²) in [4.78, 5) is 69.6. The maximum Gasteiger partial charge on any atom is 0.408 e. The molecular formula is C39H60N4O11. The van der Waals surface area contributed by atoms with Crippen molar-refractivity contribution in [3.63, 3.8) is 0 Å². The van der Waals surface area contributed by atoms with E-state index in [1.807, 2.05) is 34.9 Å². The third kappa shape index (κ3) is 10.6. The molecule has 0 radical (unpaired) electrons. The summed E-state index contributed by atoms with van der Waals surface area (Å²) in [5.74, 6) is -4.06. The van der Waals surface area contributed by atoms with Gasteiger partial charge in [-0.1, -0.05) is 32.0 Å². The monoisotopic (exact) mass is 760 g/mol. The van der Waals surface area contributed by atoms with Crippen molar-refractivity contribution in [2.75, 3.05) is 54.5 Å². The summed E-state index contributed by atoms with van der Waals surface area (Å²) < 4.78 is 36.9. The zero-order chi connectivity index (χ0) is 40.0. The van der Waals surface area contributed by atoms with Crippen LogP contribution in [-0.4, -0.2) is 142 Å². The van der Waals surface area contributed by atoms with Gasteiger partial charge < -0.3 is 48.9 Å². The quantitative estimate of drug-likeness (QED) is 0.214. The Morgan fingerprint density at radius 3 is 2.33 bits per heavy atom. The number of fused-ring (bicyclic) bond motifs is 1. The third-order valence-corrected chi connectivity index (χ3v) is 10.9. The van der Waals surface area contributed by atoms with Crippen molar-refractivity contribution < 1.29 is 52.4 Å². The number of Topliss-reactive ketones (excluding diaryl/α,β-unsaturated/α-hetero) is 1. The number of ketones is 1. The second-order valence-electron chi connectivity index (χ2n) is 15.9. The molecule has 1 aromatic rings. The Bertz CT molecular complexity index is 1480. The van der Waals surface area contributed by atoms with Gasteiger partial charge in [0.2, 0.25) is 5.91 Å². The van der Waals surface area contributed by atoms with Crippen molar-refractivity contribution in [1.29, 1.82) is 0 Å². The van der Waals surface area contributed by atoms with Gasteiger partial charge in [0, 0.05) is 32.7 Å². The van der Waals surface area contributed by atoms with Crippen LogP contribution in [0.4, 0.5) is 4.79 Å². The highest BCUT2D eigenvalue weighted by atomic mass is 16.7. The Balaban J connectivity index is 1.67. The SMILES string of the molecule is CO[C@]1(C)C[C@@H](C)CN[C@H](C)[C@H]2NC(=O)O[C@]2(C)COC(=O)C(C)C(=O)[C@H](C)[C@H]1O[C@@H]1O[C@H](CN(C)C(=O)CN(C)C)CC[C@H]1OC(=O)c1ccccc1. The van der Waals surface area contributed by atoms with Crippen molar-refractivity contribution in [2.24, 2.45) is 17.8 Å². The van der Waals surface area contributed by atoms with Gasteiger partial charge in [-0.3, -0.25) is 14.4 Å². The number of carbonyl (C=O) groups excluding carboxylic acids is 5. The molecule has 3 aliphatic heterocycles. The number of alkyl carbamates (subject to hydrolysis) is 1. The molecule has 1 aromatic carbocycles. The van der Waals surface area contributed by atoms with Crippen LogP contribution >= 0.6 is 0 Å². The lowest BCUT2D eigenvalue weighted by Crippen LogP contribution is -2.57. The lowest BCUT2D eigenvalue weighted by molar-refractivity contribution is -0.287. The molecule has 54 heavy (non-hydrogen) atoms. The summed E-state index contributed by atoms with van der Waals surface area (Å²) in [6.45, 7) is 11.4. The summed E-state index contributed by atoms with van der Waals surface area (Å²) in [5, 5.41) is 6.32. The summed E-state index contributed by atoms with van der Waals surface area (Å²) in [5.41, 5.74) is -1.93. The molecule has 0 bridgehead atoms. The number of amides is 2. The molecule has 2 N–H and O–H groups in total. The molecule has 0 spiro atoms. The molecule has 15 nitrogen and oxygen atoms in total. The molecule has 0 aromatic heterocycles. The van der Waals surface area contributed by atoms with E-state index in [9.17, 15) is 24.0 Å². The molecule has 0 saturated carbocycles. The van der Waals surface area contributed by atoms with Crippen LogP contribution in [0.25, 0.3) is 0 Å². The van der Waals surface area contributed by atoms with Crippen LogP contribution in [0, 0.1) is 17.8 Å². The van der Waals surface area contributed by atoms with Crippen LogP contribution in [0.5, 0.6) is 0 Å². The number of ether oxygens (including phenoxy) is 6. The van der Waals surface area contributed by atoms with Crippen molar-refractivity contribution in [3.8, 4) is 0 Å². The first-order chi connectivity index (χ1) is 25.4. The van der Waals surface area contributed by atoms with E-state index in [1.54, 1.807) is 68.1 Å². The van der Waals surface area contributed by atoms with E-state index in [4.69, 9.17) is 28.4 Å². The van der Waals surface area contributed by atoms with Crippen LogP contribution in [-0.2, 0) is 42.8 Å². The van der Waals surface area contributed by atoms with Crippen molar-refractivity contribution in [2.45, 2.75) is 109 Å². The maximum atomic E-state index is 14.2. The van der Waals surface area contributed by atoms with Gasteiger partial charge >= 0.3 is 18.0 Å². The number of nitrogens with one attached hydrogen (secondary N) is 2. The van der Waals surface area contributed by atoms with Crippen LogP contribution in [0.3, 0.4) is 0 Å². The summed E-state index contributed by atoms with van der Waals surface area (Å²) in [6, 6.07) is 7.80. The minimum absolute atomic E-state index is 0.0430. The smallest absolute Gasteiger partial charge is 0.408 e. The van der Waals surface area contributed by atoms with Crippen LogP contribution < -0.4 is 10.6 Å². The van der Waals surface area contributed by atoms with Gasteiger partial charge in [0.1, 0.15) is 12.5 Å². The molecule has 3 fully saturated rings. The largest absolute Gasteiger partial charge is 0.461 e. The van der Waals surface area contributed by atoms with E-state index >= 15 is 0 Å². The van der Waals surface area contributed by atoms with Gasteiger partial charge in [-0.2, -0.15) is 0 Å². The van der Waals surface area contributed by atoms with Crippen LogP contribution in [0.2, 0.25) is 0 Å². The number of nitrogens with zero attached hydrogens (tertiary/aromatic N) is 2. The molecule has 3 heterocycles. The second kappa shape index (κ2) is 18.3. The fourth-order valence-electron chi connectivity index (χ4n) is 7.65.